The summed E-state index contributed by atoms with van der Waals surface area (Å²) >= 11 is 0. The van der Waals surface area contributed by atoms with E-state index in [1.54, 1.807) is 6.07 Å². The van der Waals surface area contributed by atoms with E-state index in [0.717, 1.165) is 22.4 Å². The molecule has 0 radical (unpaired) electrons. The van der Waals surface area contributed by atoms with Crippen molar-refractivity contribution in [3.63, 3.8) is 0 Å². The fourth-order valence-electron chi connectivity index (χ4n) is 2.17. The normalized spacial score (nSPS) is 16.9. The van der Waals surface area contributed by atoms with Gasteiger partial charge in [0.05, 0.1) is 5.56 Å². The molecule has 3 rings (SSSR count). The van der Waals surface area contributed by atoms with Crippen molar-refractivity contribution in [1.82, 2.24) is 0 Å². The number of carbonyl (C=O) groups excluding carboxylic acids is 1. The number of ether oxygens (including phenoxy) is 2. The van der Waals surface area contributed by atoms with Crippen molar-refractivity contribution in [3.05, 3.63) is 64.7 Å². The molecule has 2 aromatic rings. The maximum atomic E-state index is 11.7. The molecule has 3 nitrogen and oxygen atoms in total. The van der Waals surface area contributed by atoms with Gasteiger partial charge in [0, 0.05) is 5.56 Å². The topological polar surface area (TPSA) is 35.5 Å². The molecule has 0 spiro atoms. The smallest absolute Gasteiger partial charge is 0.342 e. The molecule has 3 heteroatoms. The van der Waals surface area contributed by atoms with E-state index in [1.165, 1.54) is 0 Å². The summed E-state index contributed by atoms with van der Waals surface area (Å²) in [5.41, 5.74) is 3.57. The Morgan fingerprint density at radius 3 is 2.68 bits per heavy atom. The maximum Gasteiger partial charge on any atom is 0.342 e. The lowest BCUT2D eigenvalue weighted by Crippen LogP contribution is -2.08. The highest BCUT2D eigenvalue weighted by Crippen LogP contribution is 2.34. The van der Waals surface area contributed by atoms with Gasteiger partial charge in [0.15, 0.2) is 0 Å². The van der Waals surface area contributed by atoms with Gasteiger partial charge in [-0.15, -0.1) is 0 Å². The van der Waals surface area contributed by atoms with Crippen LogP contribution in [0.3, 0.4) is 0 Å². The molecule has 0 N–H and O–H groups in total. The van der Waals surface area contributed by atoms with Crippen LogP contribution in [0.2, 0.25) is 0 Å². The molecule has 0 saturated carbocycles. The highest BCUT2D eigenvalue weighted by molar-refractivity contribution is 5.93. The van der Waals surface area contributed by atoms with Gasteiger partial charge in [0.25, 0.3) is 6.29 Å². The molecule has 1 aliphatic heterocycles. The van der Waals surface area contributed by atoms with Gasteiger partial charge < -0.3 is 9.47 Å². The second-order valence-corrected chi connectivity index (χ2v) is 4.64. The van der Waals surface area contributed by atoms with Crippen molar-refractivity contribution < 1.29 is 14.3 Å². The number of hydrogen-bond acceptors (Lipinski definition) is 3. The first kappa shape index (κ1) is 11.8. The average Bonchev–Trinajstić information content (AvgIpc) is 2.73. The van der Waals surface area contributed by atoms with Crippen LogP contribution in [0.4, 0.5) is 0 Å². The van der Waals surface area contributed by atoms with Crippen molar-refractivity contribution in [2.75, 3.05) is 0 Å². The zero-order valence-electron chi connectivity index (χ0n) is 10.8. The summed E-state index contributed by atoms with van der Waals surface area (Å²) in [6, 6.07) is 13.1. The van der Waals surface area contributed by atoms with E-state index >= 15 is 0 Å². The molecule has 0 aliphatic carbocycles. The van der Waals surface area contributed by atoms with E-state index in [9.17, 15) is 4.79 Å². The standard InChI is InChI=1S/C16H14O3/c1-10-6-5-9-14(11(10)2)18-16-13-8-4-3-7-12(13)15(17)19-16/h3-9,16H,1-2H3. The molecular formula is C16H14O3. The second kappa shape index (κ2) is 4.43. The van der Waals surface area contributed by atoms with Crippen LogP contribution in [-0.4, -0.2) is 5.97 Å². The van der Waals surface area contributed by atoms with Crippen molar-refractivity contribution in [3.8, 4) is 5.75 Å². The van der Waals surface area contributed by atoms with Crippen molar-refractivity contribution in [2.45, 2.75) is 20.1 Å². The summed E-state index contributed by atoms with van der Waals surface area (Å²) in [4.78, 5) is 11.7. The second-order valence-electron chi connectivity index (χ2n) is 4.64. The van der Waals surface area contributed by atoms with E-state index in [0.29, 0.717) is 5.56 Å². The molecule has 0 fully saturated rings. The monoisotopic (exact) mass is 254 g/mol. The summed E-state index contributed by atoms with van der Waals surface area (Å²) < 4.78 is 11.1. The van der Waals surface area contributed by atoms with E-state index in [1.807, 2.05) is 50.2 Å². The molecule has 0 saturated heterocycles. The Morgan fingerprint density at radius 2 is 1.84 bits per heavy atom. The third-order valence-corrected chi connectivity index (χ3v) is 3.44. The van der Waals surface area contributed by atoms with Crippen LogP contribution in [0.25, 0.3) is 0 Å². The summed E-state index contributed by atoms with van der Waals surface area (Å²) in [7, 11) is 0. The largest absolute Gasteiger partial charge is 0.450 e. The van der Waals surface area contributed by atoms with Gasteiger partial charge in [-0.05, 0) is 37.1 Å². The number of hydrogen-bond donors (Lipinski definition) is 0. The van der Waals surface area contributed by atoms with Crippen LogP contribution >= 0.6 is 0 Å². The minimum Gasteiger partial charge on any atom is -0.450 e. The van der Waals surface area contributed by atoms with E-state index in [4.69, 9.17) is 9.47 Å². The minimum absolute atomic E-state index is 0.328. The molecule has 96 valence electrons. The molecule has 0 bridgehead atoms. The summed E-state index contributed by atoms with van der Waals surface area (Å²) in [6.07, 6.45) is -0.649. The summed E-state index contributed by atoms with van der Waals surface area (Å²) in [5, 5.41) is 0. The maximum absolute atomic E-state index is 11.7. The van der Waals surface area contributed by atoms with Crippen molar-refractivity contribution in [2.24, 2.45) is 0 Å². The number of cyclic esters (lactones) is 1. The zero-order chi connectivity index (χ0) is 13.4. The number of esters is 1. The Bertz CT molecular complexity index is 646. The highest BCUT2D eigenvalue weighted by Gasteiger charge is 2.32. The number of rotatable bonds is 2. The Hall–Kier alpha value is -2.29. The Balaban J connectivity index is 1.94. The van der Waals surface area contributed by atoms with Crippen molar-refractivity contribution in [1.29, 1.82) is 0 Å². The first-order chi connectivity index (χ1) is 9.16. The SMILES string of the molecule is Cc1cccc(OC2OC(=O)c3ccccc32)c1C. The molecule has 0 amide bonds. The van der Waals surface area contributed by atoms with Gasteiger partial charge in [0.2, 0.25) is 0 Å². The van der Waals surface area contributed by atoms with Crippen LogP contribution in [-0.2, 0) is 4.74 Å². The van der Waals surface area contributed by atoms with Crippen LogP contribution in [0.1, 0.15) is 33.3 Å². The Morgan fingerprint density at radius 1 is 1.05 bits per heavy atom. The Kier molecular flexibility index (Phi) is 2.75. The third-order valence-electron chi connectivity index (χ3n) is 3.44. The number of benzene rings is 2. The first-order valence-corrected chi connectivity index (χ1v) is 6.19. The number of carbonyl (C=O) groups is 1. The predicted molar refractivity (Wildman–Crippen MR) is 71.1 cm³/mol. The molecule has 19 heavy (non-hydrogen) atoms. The minimum atomic E-state index is -0.649. The number of aryl methyl sites for hydroxylation is 1. The van der Waals surface area contributed by atoms with Crippen LogP contribution in [0.15, 0.2) is 42.5 Å². The van der Waals surface area contributed by atoms with Gasteiger partial charge in [-0.3, -0.25) is 0 Å². The molecule has 1 aliphatic rings. The lowest BCUT2D eigenvalue weighted by Gasteiger charge is -2.16. The lowest BCUT2D eigenvalue weighted by molar-refractivity contribution is -0.0385. The van der Waals surface area contributed by atoms with Crippen LogP contribution in [0, 0.1) is 13.8 Å². The predicted octanol–water partition coefficient (Wildman–Crippen LogP) is 3.55. The number of fused-ring (bicyclic) bond motifs is 1. The van der Waals surface area contributed by atoms with E-state index < -0.39 is 6.29 Å². The van der Waals surface area contributed by atoms with Crippen molar-refractivity contribution >= 4 is 5.97 Å². The first-order valence-electron chi connectivity index (χ1n) is 6.19. The molecule has 0 aromatic heterocycles. The molecule has 2 aromatic carbocycles. The molecule has 1 unspecified atom stereocenters. The Labute approximate surface area is 111 Å². The zero-order valence-corrected chi connectivity index (χ0v) is 10.8. The van der Waals surface area contributed by atoms with Gasteiger partial charge in [-0.2, -0.15) is 0 Å². The fraction of sp³-hybridized carbons (Fsp3) is 0.188. The highest BCUT2D eigenvalue weighted by atomic mass is 16.7. The summed E-state index contributed by atoms with van der Waals surface area (Å²) in [6.45, 7) is 4.02. The molecule has 1 heterocycles. The quantitative estimate of drug-likeness (QED) is 0.769. The fourth-order valence-corrected chi connectivity index (χ4v) is 2.17. The molecule has 1 atom stereocenters. The van der Waals surface area contributed by atoms with E-state index in [2.05, 4.69) is 0 Å². The van der Waals surface area contributed by atoms with E-state index in [-0.39, 0.29) is 5.97 Å². The van der Waals surface area contributed by atoms with Gasteiger partial charge in [-0.1, -0.05) is 30.3 Å². The van der Waals surface area contributed by atoms with Crippen LogP contribution in [0.5, 0.6) is 5.75 Å². The van der Waals surface area contributed by atoms with Gasteiger partial charge >= 0.3 is 5.97 Å². The van der Waals surface area contributed by atoms with Crippen LogP contribution < -0.4 is 4.74 Å². The average molecular weight is 254 g/mol. The molecular weight excluding hydrogens is 240 g/mol. The summed E-state index contributed by atoms with van der Waals surface area (Å²) in [5.74, 6) is 0.417. The lowest BCUT2D eigenvalue weighted by atomic mass is 10.1. The van der Waals surface area contributed by atoms with Gasteiger partial charge in [-0.25, -0.2) is 4.79 Å². The third kappa shape index (κ3) is 1.97. The van der Waals surface area contributed by atoms with Gasteiger partial charge in [0.1, 0.15) is 5.75 Å².